The van der Waals surface area contributed by atoms with Gasteiger partial charge in [0.05, 0.1) is 6.61 Å². The van der Waals surface area contributed by atoms with Gasteiger partial charge in [0.25, 0.3) is 0 Å². The summed E-state index contributed by atoms with van der Waals surface area (Å²) in [5, 5.41) is 0. The molecule has 1 heterocycles. The van der Waals surface area contributed by atoms with Crippen LogP contribution in [0.5, 0.6) is 5.75 Å². The third-order valence-corrected chi connectivity index (χ3v) is 4.27. The van der Waals surface area contributed by atoms with E-state index in [1.165, 1.54) is 24.9 Å². The Kier molecular flexibility index (Phi) is 5.06. The van der Waals surface area contributed by atoms with Crippen molar-refractivity contribution in [3.05, 3.63) is 29.8 Å². The second-order valence-electron chi connectivity index (χ2n) is 6.39. The summed E-state index contributed by atoms with van der Waals surface area (Å²) in [7, 11) is 0. The molecule has 20 heavy (non-hydrogen) atoms. The first-order chi connectivity index (χ1) is 9.53. The Bertz CT molecular complexity index is 414. The summed E-state index contributed by atoms with van der Waals surface area (Å²) in [6, 6.07) is 8.32. The van der Waals surface area contributed by atoms with E-state index in [2.05, 4.69) is 37.8 Å². The average molecular weight is 276 g/mol. The van der Waals surface area contributed by atoms with E-state index in [0.29, 0.717) is 5.54 Å². The summed E-state index contributed by atoms with van der Waals surface area (Å²) in [6.45, 7) is 9.61. The minimum Gasteiger partial charge on any atom is -0.494 e. The van der Waals surface area contributed by atoms with Crippen molar-refractivity contribution in [2.75, 3.05) is 19.7 Å². The summed E-state index contributed by atoms with van der Waals surface area (Å²) in [6.07, 6.45) is 3.58. The van der Waals surface area contributed by atoms with Crippen LogP contribution in [-0.2, 0) is 0 Å². The van der Waals surface area contributed by atoms with Gasteiger partial charge in [-0.05, 0) is 57.4 Å². The highest BCUT2D eigenvalue weighted by Crippen LogP contribution is 2.30. The summed E-state index contributed by atoms with van der Waals surface area (Å²) >= 11 is 0. The van der Waals surface area contributed by atoms with Crippen LogP contribution >= 0.6 is 0 Å². The van der Waals surface area contributed by atoms with Gasteiger partial charge in [0.15, 0.2) is 0 Å². The molecule has 3 heteroatoms. The van der Waals surface area contributed by atoms with Crippen LogP contribution in [0.25, 0.3) is 0 Å². The SMILES string of the molecule is CCCOc1ccc(C(N)CN2CCCC2(C)C)cc1. The number of nitrogens with two attached hydrogens (primary N) is 1. The lowest BCUT2D eigenvalue weighted by Crippen LogP contribution is -2.42. The highest BCUT2D eigenvalue weighted by Gasteiger charge is 2.32. The van der Waals surface area contributed by atoms with E-state index in [-0.39, 0.29) is 6.04 Å². The molecule has 0 aromatic heterocycles. The standard InChI is InChI=1S/C17H28N2O/c1-4-12-20-15-8-6-14(7-9-15)16(18)13-19-11-5-10-17(19,2)3/h6-9,16H,4-5,10-13,18H2,1-3H3. The lowest BCUT2D eigenvalue weighted by molar-refractivity contribution is 0.165. The van der Waals surface area contributed by atoms with Gasteiger partial charge in [-0.3, -0.25) is 4.90 Å². The van der Waals surface area contributed by atoms with E-state index in [4.69, 9.17) is 10.5 Å². The average Bonchev–Trinajstić information content (AvgIpc) is 2.76. The summed E-state index contributed by atoms with van der Waals surface area (Å²) in [4.78, 5) is 2.51. The van der Waals surface area contributed by atoms with Crippen molar-refractivity contribution in [2.24, 2.45) is 5.73 Å². The molecule has 1 fully saturated rings. The van der Waals surface area contributed by atoms with Gasteiger partial charge >= 0.3 is 0 Å². The first-order valence-corrected chi connectivity index (χ1v) is 7.76. The smallest absolute Gasteiger partial charge is 0.119 e. The molecule has 1 saturated heterocycles. The Morgan fingerprint density at radius 3 is 2.55 bits per heavy atom. The lowest BCUT2D eigenvalue weighted by Gasteiger charge is -2.33. The lowest BCUT2D eigenvalue weighted by atomic mass is 10.0. The third kappa shape index (κ3) is 3.74. The number of nitrogens with zero attached hydrogens (tertiary/aromatic N) is 1. The van der Waals surface area contributed by atoms with E-state index in [9.17, 15) is 0 Å². The van der Waals surface area contributed by atoms with Gasteiger partial charge in [-0.25, -0.2) is 0 Å². The molecule has 1 aromatic carbocycles. The molecular formula is C17H28N2O. The predicted octanol–water partition coefficient (Wildman–Crippen LogP) is 3.35. The molecule has 0 bridgehead atoms. The molecule has 0 aliphatic carbocycles. The number of hydrogen-bond acceptors (Lipinski definition) is 3. The molecule has 2 N–H and O–H groups in total. The fourth-order valence-electron chi connectivity index (χ4n) is 2.88. The van der Waals surface area contributed by atoms with Crippen LogP contribution in [0.1, 0.15) is 51.6 Å². The number of likely N-dealkylation sites (tertiary alicyclic amines) is 1. The van der Waals surface area contributed by atoms with Crippen LogP contribution in [0.2, 0.25) is 0 Å². The predicted molar refractivity (Wildman–Crippen MR) is 84.0 cm³/mol. The molecular weight excluding hydrogens is 248 g/mol. The molecule has 1 atom stereocenters. The normalized spacial score (nSPS) is 20.0. The quantitative estimate of drug-likeness (QED) is 0.866. The largest absolute Gasteiger partial charge is 0.494 e. The summed E-state index contributed by atoms with van der Waals surface area (Å²) < 4.78 is 5.61. The van der Waals surface area contributed by atoms with Crippen molar-refractivity contribution in [1.29, 1.82) is 0 Å². The molecule has 1 aliphatic heterocycles. The summed E-state index contributed by atoms with van der Waals surface area (Å²) in [5.41, 5.74) is 7.85. The molecule has 1 aromatic rings. The maximum absolute atomic E-state index is 6.36. The number of ether oxygens (including phenoxy) is 1. The van der Waals surface area contributed by atoms with Crippen LogP contribution in [0.4, 0.5) is 0 Å². The van der Waals surface area contributed by atoms with Crippen molar-refractivity contribution in [1.82, 2.24) is 4.90 Å². The van der Waals surface area contributed by atoms with E-state index < -0.39 is 0 Å². The molecule has 0 radical (unpaired) electrons. The second-order valence-corrected chi connectivity index (χ2v) is 6.39. The third-order valence-electron chi connectivity index (χ3n) is 4.27. The van der Waals surface area contributed by atoms with Crippen molar-refractivity contribution in [2.45, 2.75) is 51.6 Å². The van der Waals surface area contributed by atoms with Crippen LogP contribution in [0.3, 0.4) is 0 Å². The molecule has 1 unspecified atom stereocenters. The van der Waals surface area contributed by atoms with E-state index >= 15 is 0 Å². The van der Waals surface area contributed by atoms with Gasteiger partial charge in [0, 0.05) is 18.1 Å². The van der Waals surface area contributed by atoms with Gasteiger partial charge in [-0.15, -0.1) is 0 Å². The number of rotatable bonds is 6. The maximum atomic E-state index is 6.36. The van der Waals surface area contributed by atoms with Crippen molar-refractivity contribution in [3.63, 3.8) is 0 Å². The minimum absolute atomic E-state index is 0.0765. The zero-order chi connectivity index (χ0) is 14.6. The van der Waals surface area contributed by atoms with Gasteiger partial charge < -0.3 is 10.5 Å². The molecule has 2 rings (SSSR count). The van der Waals surface area contributed by atoms with Gasteiger partial charge in [-0.1, -0.05) is 19.1 Å². The Hall–Kier alpha value is -1.06. The van der Waals surface area contributed by atoms with E-state index in [0.717, 1.165) is 25.3 Å². The fraction of sp³-hybridized carbons (Fsp3) is 0.647. The van der Waals surface area contributed by atoms with Crippen LogP contribution in [0, 0.1) is 0 Å². The molecule has 0 spiro atoms. The second kappa shape index (κ2) is 6.59. The molecule has 0 saturated carbocycles. The van der Waals surface area contributed by atoms with Crippen molar-refractivity contribution >= 4 is 0 Å². The zero-order valence-electron chi connectivity index (χ0n) is 13.1. The van der Waals surface area contributed by atoms with Crippen LogP contribution in [-0.4, -0.2) is 30.1 Å². The highest BCUT2D eigenvalue weighted by atomic mass is 16.5. The minimum atomic E-state index is 0.0765. The Labute approximate surface area is 123 Å². The van der Waals surface area contributed by atoms with E-state index in [1.807, 2.05) is 12.1 Å². The van der Waals surface area contributed by atoms with Crippen LogP contribution < -0.4 is 10.5 Å². The number of benzene rings is 1. The maximum Gasteiger partial charge on any atom is 0.119 e. The topological polar surface area (TPSA) is 38.5 Å². The molecule has 1 aliphatic rings. The van der Waals surface area contributed by atoms with Gasteiger partial charge in [-0.2, -0.15) is 0 Å². The highest BCUT2D eigenvalue weighted by molar-refractivity contribution is 5.29. The number of hydrogen-bond donors (Lipinski definition) is 1. The molecule has 3 nitrogen and oxygen atoms in total. The van der Waals surface area contributed by atoms with Crippen molar-refractivity contribution in [3.8, 4) is 5.75 Å². The Morgan fingerprint density at radius 2 is 2.00 bits per heavy atom. The fourth-order valence-corrected chi connectivity index (χ4v) is 2.88. The van der Waals surface area contributed by atoms with E-state index in [1.54, 1.807) is 0 Å². The van der Waals surface area contributed by atoms with Gasteiger partial charge in [0.1, 0.15) is 5.75 Å². The Morgan fingerprint density at radius 1 is 1.30 bits per heavy atom. The monoisotopic (exact) mass is 276 g/mol. The Balaban J connectivity index is 1.93. The molecule has 0 amide bonds. The van der Waals surface area contributed by atoms with Crippen molar-refractivity contribution < 1.29 is 4.74 Å². The van der Waals surface area contributed by atoms with Crippen LogP contribution in [0.15, 0.2) is 24.3 Å². The first kappa shape index (κ1) is 15.3. The first-order valence-electron chi connectivity index (χ1n) is 7.76. The zero-order valence-corrected chi connectivity index (χ0v) is 13.1. The van der Waals surface area contributed by atoms with Gasteiger partial charge in [0.2, 0.25) is 0 Å². The summed E-state index contributed by atoms with van der Waals surface area (Å²) in [5.74, 6) is 0.935. The molecule has 112 valence electrons.